The van der Waals surface area contributed by atoms with E-state index >= 15 is 0 Å². The summed E-state index contributed by atoms with van der Waals surface area (Å²) >= 11 is 0. The molecule has 0 aliphatic carbocycles. The van der Waals surface area contributed by atoms with Crippen LogP contribution in [0.5, 0.6) is 0 Å². The summed E-state index contributed by atoms with van der Waals surface area (Å²) in [5, 5.41) is 0. The van der Waals surface area contributed by atoms with Gasteiger partial charge in [0, 0.05) is 18.4 Å². The first-order chi connectivity index (χ1) is 9.06. The van der Waals surface area contributed by atoms with E-state index in [2.05, 4.69) is 4.98 Å². The molecule has 0 atom stereocenters. The summed E-state index contributed by atoms with van der Waals surface area (Å²) < 4.78 is 0. The maximum absolute atomic E-state index is 12.2. The average Bonchev–Trinajstić information content (AvgIpc) is 2.40. The van der Waals surface area contributed by atoms with E-state index in [1.165, 1.54) is 0 Å². The first-order valence-electron chi connectivity index (χ1n) is 6.10. The van der Waals surface area contributed by atoms with Crippen LogP contribution in [0.15, 0.2) is 42.6 Å². The number of aromatic nitrogens is 1. The van der Waals surface area contributed by atoms with Gasteiger partial charge >= 0.3 is 0 Å². The van der Waals surface area contributed by atoms with Crippen molar-refractivity contribution in [1.82, 2.24) is 4.98 Å². The van der Waals surface area contributed by atoms with Gasteiger partial charge in [0.1, 0.15) is 0 Å². The molecule has 0 radical (unpaired) electrons. The molecule has 1 aromatic heterocycles. The van der Waals surface area contributed by atoms with Crippen molar-refractivity contribution in [3.05, 3.63) is 53.9 Å². The molecule has 1 heterocycles. The third kappa shape index (κ3) is 3.31. The summed E-state index contributed by atoms with van der Waals surface area (Å²) in [6.07, 6.45) is 1.83. The Bertz CT molecular complexity index is 578. The quantitative estimate of drug-likeness (QED) is 0.914. The molecule has 2 N–H and O–H groups in total. The third-order valence-corrected chi connectivity index (χ3v) is 2.94. The van der Waals surface area contributed by atoms with Crippen molar-refractivity contribution in [1.29, 1.82) is 0 Å². The Morgan fingerprint density at radius 2 is 2.11 bits per heavy atom. The predicted molar refractivity (Wildman–Crippen MR) is 76.9 cm³/mol. The van der Waals surface area contributed by atoms with E-state index in [1.807, 2.05) is 31.2 Å². The molecule has 19 heavy (non-hydrogen) atoms. The topological polar surface area (TPSA) is 59.2 Å². The number of likely N-dealkylation sites (N-methyl/N-ethyl adjacent to an activating group) is 1. The summed E-state index contributed by atoms with van der Waals surface area (Å²) in [4.78, 5) is 17.9. The minimum absolute atomic E-state index is 0.00266. The molecular formula is C15H17N3O. The monoisotopic (exact) mass is 255 g/mol. The van der Waals surface area contributed by atoms with E-state index in [0.717, 1.165) is 16.9 Å². The van der Waals surface area contributed by atoms with Gasteiger partial charge in [0.2, 0.25) is 5.91 Å². The molecule has 0 unspecified atom stereocenters. The Morgan fingerprint density at radius 3 is 2.74 bits per heavy atom. The lowest BCUT2D eigenvalue weighted by Gasteiger charge is -2.17. The van der Waals surface area contributed by atoms with Crippen LogP contribution in [0, 0.1) is 6.92 Å². The Labute approximate surface area is 112 Å². The van der Waals surface area contributed by atoms with Crippen molar-refractivity contribution in [2.75, 3.05) is 17.7 Å². The van der Waals surface area contributed by atoms with Gasteiger partial charge in [0.05, 0.1) is 18.3 Å². The van der Waals surface area contributed by atoms with Crippen molar-refractivity contribution in [2.45, 2.75) is 13.3 Å². The Hall–Kier alpha value is -2.36. The average molecular weight is 255 g/mol. The number of nitrogens with zero attached hydrogens (tertiary/aromatic N) is 2. The van der Waals surface area contributed by atoms with Crippen LogP contribution >= 0.6 is 0 Å². The third-order valence-electron chi connectivity index (χ3n) is 2.94. The second-order valence-corrected chi connectivity index (χ2v) is 4.55. The van der Waals surface area contributed by atoms with Crippen LogP contribution in [0.25, 0.3) is 0 Å². The van der Waals surface area contributed by atoms with E-state index in [9.17, 15) is 4.79 Å². The van der Waals surface area contributed by atoms with Crippen LogP contribution in [-0.4, -0.2) is 17.9 Å². The SMILES string of the molecule is Cc1cccc(N(C)C(=O)Cc2ccc(N)cn2)c1. The summed E-state index contributed by atoms with van der Waals surface area (Å²) in [6, 6.07) is 11.4. The summed E-state index contributed by atoms with van der Waals surface area (Å²) in [6.45, 7) is 2.00. The van der Waals surface area contributed by atoms with Gasteiger partial charge in [0.15, 0.2) is 0 Å². The molecule has 2 aromatic rings. The van der Waals surface area contributed by atoms with E-state index in [0.29, 0.717) is 5.69 Å². The highest BCUT2D eigenvalue weighted by molar-refractivity contribution is 5.94. The molecule has 0 aliphatic rings. The van der Waals surface area contributed by atoms with E-state index in [4.69, 9.17) is 5.73 Å². The highest BCUT2D eigenvalue weighted by atomic mass is 16.2. The fraction of sp³-hybridized carbons (Fsp3) is 0.200. The van der Waals surface area contributed by atoms with Crippen LogP contribution in [-0.2, 0) is 11.2 Å². The van der Waals surface area contributed by atoms with Crippen LogP contribution < -0.4 is 10.6 Å². The van der Waals surface area contributed by atoms with Crippen LogP contribution in [0.4, 0.5) is 11.4 Å². The summed E-state index contributed by atoms with van der Waals surface area (Å²) in [7, 11) is 1.77. The fourth-order valence-corrected chi connectivity index (χ4v) is 1.79. The smallest absolute Gasteiger partial charge is 0.232 e. The number of hydrogen-bond acceptors (Lipinski definition) is 3. The molecule has 0 bridgehead atoms. The minimum atomic E-state index is 0.00266. The highest BCUT2D eigenvalue weighted by Gasteiger charge is 2.12. The van der Waals surface area contributed by atoms with Gasteiger partial charge in [-0.1, -0.05) is 12.1 Å². The molecule has 4 nitrogen and oxygen atoms in total. The largest absolute Gasteiger partial charge is 0.397 e. The van der Waals surface area contributed by atoms with Gasteiger partial charge in [-0.05, 0) is 36.8 Å². The number of nitrogen functional groups attached to an aromatic ring is 1. The molecule has 0 aliphatic heterocycles. The number of carbonyl (C=O) groups excluding carboxylic acids is 1. The number of anilines is 2. The van der Waals surface area contributed by atoms with Crippen molar-refractivity contribution < 1.29 is 4.79 Å². The molecule has 1 amide bonds. The maximum atomic E-state index is 12.2. The van der Waals surface area contributed by atoms with Crippen LogP contribution in [0.2, 0.25) is 0 Å². The number of nitrogens with two attached hydrogens (primary N) is 1. The van der Waals surface area contributed by atoms with E-state index in [-0.39, 0.29) is 12.3 Å². The second kappa shape index (κ2) is 5.52. The molecule has 0 saturated carbocycles. The van der Waals surface area contributed by atoms with Crippen LogP contribution in [0.1, 0.15) is 11.3 Å². The highest BCUT2D eigenvalue weighted by Crippen LogP contribution is 2.15. The van der Waals surface area contributed by atoms with Crippen molar-refractivity contribution in [3.8, 4) is 0 Å². The van der Waals surface area contributed by atoms with Crippen molar-refractivity contribution in [2.24, 2.45) is 0 Å². The predicted octanol–water partition coefficient (Wildman–Crippen LogP) is 2.18. The lowest BCUT2D eigenvalue weighted by atomic mass is 10.2. The Morgan fingerprint density at radius 1 is 1.32 bits per heavy atom. The molecule has 98 valence electrons. The van der Waals surface area contributed by atoms with Gasteiger partial charge in [-0.3, -0.25) is 9.78 Å². The first-order valence-corrected chi connectivity index (χ1v) is 6.10. The number of aryl methyl sites for hydroxylation is 1. The Kier molecular flexibility index (Phi) is 3.80. The second-order valence-electron chi connectivity index (χ2n) is 4.55. The standard InChI is InChI=1S/C15H17N3O/c1-11-4-3-5-14(8-11)18(2)15(19)9-13-7-6-12(16)10-17-13/h3-8,10H,9,16H2,1-2H3. The van der Waals surface area contributed by atoms with Gasteiger partial charge < -0.3 is 10.6 Å². The molecule has 0 spiro atoms. The van der Waals surface area contributed by atoms with Crippen molar-refractivity contribution >= 4 is 17.3 Å². The summed E-state index contributed by atoms with van der Waals surface area (Å²) in [5.41, 5.74) is 8.91. The zero-order chi connectivity index (χ0) is 13.8. The number of pyridine rings is 1. The van der Waals surface area contributed by atoms with Gasteiger partial charge in [-0.15, -0.1) is 0 Å². The molecular weight excluding hydrogens is 238 g/mol. The van der Waals surface area contributed by atoms with E-state index in [1.54, 1.807) is 30.3 Å². The van der Waals surface area contributed by atoms with Gasteiger partial charge in [-0.25, -0.2) is 0 Å². The molecule has 1 aromatic carbocycles. The zero-order valence-electron chi connectivity index (χ0n) is 11.1. The maximum Gasteiger partial charge on any atom is 0.232 e. The number of carbonyl (C=O) groups is 1. The van der Waals surface area contributed by atoms with E-state index < -0.39 is 0 Å². The Balaban J connectivity index is 2.09. The normalized spacial score (nSPS) is 10.2. The van der Waals surface area contributed by atoms with Gasteiger partial charge in [-0.2, -0.15) is 0 Å². The lowest BCUT2D eigenvalue weighted by molar-refractivity contribution is -0.117. The van der Waals surface area contributed by atoms with Crippen LogP contribution in [0.3, 0.4) is 0 Å². The molecule has 0 fully saturated rings. The molecule has 2 rings (SSSR count). The fourth-order valence-electron chi connectivity index (χ4n) is 1.79. The number of benzene rings is 1. The molecule has 4 heteroatoms. The number of rotatable bonds is 3. The number of hydrogen-bond donors (Lipinski definition) is 1. The minimum Gasteiger partial charge on any atom is -0.397 e. The zero-order valence-corrected chi connectivity index (χ0v) is 11.1. The summed E-state index contributed by atoms with van der Waals surface area (Å²) in [5.74, 6) is 0.00266. The molecule has 0 saturated heterocycles. The van der Waals surface area contributed by atoms with Gasteiger partial charge in [0.25, 0.3) is 0 Å². The first kappa shape index (κ1) is 13.1. The number of amides is 1. The van der Waals surface area contributed by atoms with Crippen molar-refractivity contribution in [3.63, 3.8) is 0 Å². The lowest BCUT2D eigenvalue weighted by Crippen LogP contribution is -2.28.